The summed E-state index contributed by atoms with van der Waals surface area (Å²) < 4.78 is 10.9. The molecule has 3 rings (SSSR count). The second-order valence-electron chi connectivity index (χ2n) is 7.81. The Morgan fingerprint density at radius 1 is 1.16 bits per heavy atom. The molecule has 2 atom stereocenters. The number of ether oxygens (including phenoxy) is 2. The number of hydrogen-bond acceptors (Lipinski definition) is 4. The Kier molecular flexibility index (Phi) is 8.47. The molecule has 0 spiro atoms. The van der Waals surface area contributed by atoms with Crippen LogP contribution >= 0.6 is 0 Å². The average molecular weight is 425 g/mol. The SMILES string of the molecule is CCCC(=O)N(Cc1ccc(OC)cc1)[C@@H](C(=O)NC[C@H]1CCCO1)c1ccccc1. The van der Waals surface area contributed by atoms with Gasteiger partial charge < -0.3 is 19.7 Å². The van der Waals surface area contributed by atoms with Gasteiger partial charge in [-0.25, -0.2) is 0 Å². The van der Waals surface area contributed by atoms with E-state index in [9.17, 15) is 9.59 Å². The number of amides is 2. The lowest BCUT2D eigenvalue weighted by atomic mass is 10.0. The first-order valence-electron chi connectivity index (χ1n) is 11.0. The number of hydrogen-bond donors (Lipinski definition) is 1. The van der Waals surface area contributed by atoms with Crippen LogP contribution in [0.5, 0.6) is 5.75 Å². The van der Waals surface area contributed by atoms with Crippen LogP contribution in [0.4, 0.5) is 0 Å². The fourth-order valence-corrected chi connectivity index (χ4v) is 3.83. The van der Waals surface area contributed by atoms with Crippen LogP contribution < -0.4 is 10.1 Å². The molecule has 31 heavy (non-hydrogen) atoms. The lowest BCUT2D eigenvalue weighted by Gasteiger charge is -2.32. The van der Waals surface area contributed by atoms with Gasteiger partial charge in [-0.2, -0.15) is 0 Å². The van der Waals surface area contributed by atoms with Gasteiger partial charge in [-0.1, -0.05) is 49.4 Å². The summed E-state index contributed by atoms with van der Waals surface area (Å²) in [5.41, 5.74) is 1.74. The minimum Gasteiger partial charge on any atom is -0.497 e. The minimum atomic E-state index is -0.705. The third-order valence-electron chi connectivity index (χ3n) is 5.50. The molecule has 0 bridgehead atoms. The van der Waals surface area contributed by atoms with E-state index in [0.717, 1.165) is 42.7 Å². The Bertz CT molecular complexity index is 832. The molecule has 0 aromatic heterocycles. The monoisotopic (exact) mass is 424 g/mol. The van der Waals surface area contributed by atoms with Crippen LogP contribution in [0.1, 0.15) is 49.8 Å². The van der Waals surface area contributed by atoms with Crippen LogP contribution in [0.25, 0.3) is 0 Å². The fraction of sp³-hybridized carbons (Fsp3) is 0.440. The molecule has 6 heteroatoms. The van der Waals surface area contributed by atoms with Gasteiger partial charge in [-0.05, 0) is 42.5 Å². The lowest BCUT2D eigenvalue weighted by Crippen LogP contribution is -2.45. The molecule has 1 saturated heterocycles. The molecule has 0 unspecified atom stereocenters. The smallest absolute Gasteiger partial charge is 0.247 e. The van der Waals surface area contributed by atoms with E-state index < -0.39 is 6.04 Å². The molecule has 6 nitrogen and oxygen atoms in total. The summed E-state index contributed by atoms with van der Waals surface area (Å²) in [4.78, 5) is 28.2. The molecule has 2 aromatic carbocycles. The maximum Gasteiger partial charge on any atom is 0.247 e. The van der Waals surface area contributed by atoms with Crippen molar-refractivity contribution in [3.05, 3.63) is 65.7 Å². The predicted molar refractivity (Wildman–Crippen MR) is 120 cm³/mol. The molecule has 1 aliphatic rings. The van der Waals surface area contributed by atoms with Crippen LogP contribution in [0.2, 0.25) is 0 Å². The van der Waals surface area contributed by atoms with Crippen molar-refractivity contribution in [3.8, 4) is 5.75 Å². The Morgan fingerprint density at radius 3 is 2.52 bits per heavy atom. The number of nitrogens with zero attached hydrogens (tertiary/aromatic N) is 1. The molecular formula is C25H32N2O4. The molecule has 0 saturated carbocycles. The van der Waals surface area contributed by atoms with E-state index in [1.54, 1.807) is 12.0 Å². The highest BCUT2D eigenvalue weighted by Crippen LogP contribution is 2.26. The van der Waals surface area contributed by atoms with Gasteiger partial charge in [0.1, 0.15) is 11.8 Å². The van der Waals surface area contributed by atoms with Gasteiger partial charge in [-0.15, -0.1) is 0 Å². The molecular weight excluding hydrogens is 392 g/mol. The zero-order chi connectivity index (χ0) is 22.1. The van der Waals surface area contributed by atoms with Crippen molar-refractivity contribution in [3.63, 3.8) is 0 Å². The highest BCUT2D eigenvalue weighted by atomic mass is 16.5. The first kappa shape index (κ1) is 22.8. The predicted octanol–water partition coefficient (Wildman–Crippen LogP) is 3.86. The molecule has 0 aliphatic carbocycles. The quantitative estimate of drug-likeness (QED) is 0.629. The number of benzene rings is 2. The van der Waals surface area contributed by atoms with Crippen LogP contribution in [0.3, 0.4) is 0 Å². The Balaban J connectivity index is 1.87. The largest absolute Gasteiger partial charge is 0.497 e. The Morgan fingerprint density at radius 2 is 1.90 bits per heavy atom. The van der Waals surface area contributed by atoms with Gasteiger partial charge in [0.25, 0.3) is 0 Å². The van der Waals surface area contributed by atoms with E-state index in [-0.39, 0.29) is 17.9 Å². The van der Waals surface area contributed by atoms with Crippen molar-refractivity contribution in [2.24, 2.45) is 0 Å². The van der Waals surface area contributed by atoms with Crippen molar-refractivity contribution >= 4 is 11.8 Å². The minimum absolute atomic E-state index is 0.0422. The summed E-state index contributed by atoms with van der Waals surface area (Å²) in [7, 11) is 1.62. The van der Waals surface area contributed by atoms with Crippen LogP contribution in [0.15, 0.2) is 54.6 Å². The molecule has 1 aliphatic heterocycles. The van der Waals surface area contributed by atoms with E-state index >= 15 is 0 Å². The summed E-state index contributed by atoms with van der Waals surface area (Å²) in [6.45, 7) is 3.51. The topological polar surface area (TPSA) is 67.9 Å². The summed E-state index contributed by atoms with van der Waals surface area (Å²) in [6, 6.07) is 16.4. The Hall–Kier alpha value is -2.86. The molecule has 0 radical (unpaired) electrons. The average Bonchev–Trinajstić information content (AvgIpc) is 3.32. The van der Waals surface area contributed by atoms with E-state index in [4.69, 9.17) is 9.47 Å². The second-order valence-corrected chi connectivity index (χ2v) is 7.81. The third-order valence-corrected chi connectivity index (χ3v) is 5.50. The van der Waals surface area contributed by atoms with E-state index in [1.807, 2.05) is 61.5 Å². The van der Waals surface area contributed by atoms with Crippen molar-refractivity contribution in [1.82, 2.24) is 10.2 Å². The Labute approximate surface area is 184 Å². The third kappa shape index (κ3) is 6.31. The zero-order valence-electron chi connectivity index (χ0n) is 18.4. The van der Waals surface area contributed by atoms with Crippen LogP contribution in [-0.4, -0.2) is 43.1 Å². The van der Waals surface area contributed by atoms with Gasteiger partial charge in [0.05, 0.1) is 13.2 Å². The summed E-state index contributed by atoms with van der Waals surface area (Å²) in [5, 5.41) is 3.03. The van der Waals surface area contributed by atoms with E-state index in [0.29, 0.717) is 19.5 Å². The number of carbonyl (C=O) groups excluding carboxylic acids is 2. The number of rotatable bonds is 10. The van der Waals surface area contributed by atoms with E-state index in [1.165, 1.54) is 0 Å². The number of nitrogens with one attached hydrogen (secondary N) is 1. The summed E-state index contributed by atoms with van der Waals surface area (Å²) >= 11 is 0. The normalized spacial score (nSPS) is 16.5. The molecule has 1 heterocycles. The summed E-state index contributed by atoms with van der Waals surface area (Å²) in [5.74, 6) is 0.531. The lowest BCUT2D eigenvalue weighted by molar-refractivity contribution is -0.141. The fourth-order valence-electron chi connectivity index (χ4n) is 3.83. The highest BCUT2D eigenvalue weighted by molar-refractivity contribution is 5.88. The van der Waals surface area contributed by atoms with Crippen molar-refractivity contribution < 1.29 is 19.1 Å². The first-order chi connectivity index (χ1) is 15.1. The first-order valence-corrected chi connectivity index (χ1v) is 11.0. The van der Waals surface area contributed by atoms with Gasteiger partial charge in [-0.3, -0.25) is 9.59 Å². The zero-order valence-corrected chi connectivity index (χ0v) is 18.4. The second kappa shape index (κ2) is 11.5. The van der Waals surface area contributed by atoms with Crippen LogP contribution in [0, 0.1) is 0 Å². The molecule has 2 amide bonds. The molecule has 2 aromatic rings. The van der Waals surface area contributed by atoms with Gasteiger partial charge in [0.2, 0.25) is 11.8 Å². The maximum atomic E-state index is 13.4. The van der Waals surface area contributed by atoms with Gasteiger partial charge >= 0.3 is 0 Å². The van der Waals surface area contributed by atoms with Gasteiger partial charge in [0.15, 0.2) is 0 Å². The number of carbonyl (C=O) groups is 2. The molecule has 1 fully saturated rings. The van der Waals surface area contributed by atoms with Gasteiger partial charge in [0, 0.05) is 26.1 Å². The van der Waals surface area contributed by atoms with E-state index in [2.05, 4.69) is 5.32 Å². The van der Waals surface area contributed by atoms with Crippen molar-refractivity contribution in [2.75, 3.05) is 20.3 Å². The summed E-state index contributed by atoms with van der Waals surface area (Å²) in [6.07, 6.45) is 3.11. The van der Waals surface area contributed by atoms with Crippen molar-refractivity contribution in [2.45, 2.75) is 51.3 Å². The molecule has 166 valence electrons. The number of methoxy groups -OCH3 is 1. The van der Waals surface area contributed by atoms with Crippen molar-refractivity contribution in [1.29, 1.82) is 0 Å². The van der Waals surface area contributed by atoms with Crippen LogP contribution in [-0.2, 0) is 20.9 Å². The highest BCUT2D eigenvalue weighted by Gasteiger charge is 2.31. The standard InChI is InChI=1S/C25H32N2O4/c1-3-8-23(28)27(18-19-12-14-21(30-2)15-13-19)24(20-9-5-4-6-10-20)25(29)26-17-22-11-7-16-31-22/h4-6,9-10,12-15,22,24H,3,7-8,11,16-18H2,1-2H3,(H,26,29)/t22-,24-/m1/s1. The molecule has 1 N–H and O–H groups in total. The maximum absolute atomic E-state index is 13.4.